The fourth-order valence-electron chi connectivity index (χ4n) is 2.03. The molecule has 1 aromatic heterocycles. The van der Waals surface area contributed by atoms with Gasteiger partial charge in [-0.05, 0) is 24.2 Å². The Morgan fingerprint density at radius 1 is 1.40 bits per heavy atom. The summed E-state index contributed by atoms with van der Waals surface area (Å²) in [6, 6.07) is -0.294. The molecule has 0 saturated carbocycles. The predicted octanol–water partition coefficient (Wildman–Crippen LogP) is 0.964. The maximum atomic E-state index is 12.1. The minimum atomic E-state index is -0.294. The molecule has 1 N–H and O–H groups in total. The predicted molar refractivity (Wildman–Crippen MR) is 71.8 cm³/mol. The normalized spacial score (nSPS) is 18.5. The Balaban J connectivity index is 1.93. The van der Waals surface area contributed by atoms with Gasteiger partial charge < -0.3 is 14.4 Å². The molecule has 0 spiro atoms. The third kappa shape index (κ3) is 3.35. The van der Waals surface area contributed by atoms with Crippen molar-refractivity contribution in [1.82, 2.24) is 15.1 Å². The van der Waals surface area contributed by atoms with Crippen LogP contribution in [0.1, 0.15) is 12.8 Å². The van der Waals surface area contributed by atoms with Crippen molar-refractivity contribution in [1.29, 1.82) is 0 Å². The maximum absolute atomic E-state index is 12.1. The van der Waals surface area contributed by atoms with Crippen molar-refractivity contribution in [2.24, 2.45) is 5.92 Å². The Kier molecular flexibility index (Phi) is 4.72. The zero-order chi connectivity index (χ0) is 14.5. The third-order valence-corrected chi connectivity index (χ3v) is 3.84. The first-order valence-electron chi connectivity index (χ1n) is 6.15. The lowest BCUT2D eigenvalue weighted by Gasteiger charge is -2.30. The second-order valence-electron chi connectivity index (χ2n) is 4.32. The lowest BCUT2D eigenvalue weighted by molar-refractivity contribution is -0.146. The van der Waals surface area contributed by atoms with E-state index in [0.29, 0.717) is 23.4 Å². The van der Waals surface area contributed by atoms with E-state index in [9.17, 15) is 9.59 Å². The highest BCUT2D eigenvalue weighted by molar-refractivity contribution is 7.17. The lowest BCUT2D eigenvalue weighted by atomic mass is 9.98. The number of likely N-dealkylation sites (tertiary alicyclic amines) is 1. The van der Waals surface area contributed by atoms with Gasteiger partial charge in [0.1, 0.15) is 0 Å². The van der Waals surface area contributed by atoms with Crippen LogP contribution in [0, 0.1) is 5.92 Å². The minimum Gasteiger partial charge on any atom is -0.472 e. The number of esters is 1. The van der Waals surface area contributed by atoms with Crippen molar-refractivity contribution in [3.8, 4) is 5.19 Å². The van der Waals surface area contributed by atoms with E-state index in [4.69, 9.17) is 9.47 Å². The second kappa shape index (κ2) is 6.51. The number of aromatic nitrogens is 2. The molecule has 110 valence electrons. The Hall–Kier alpha value is -1.90. The van der Waals surface area contributed by atoms with Crippen LogP contribution in [-0.4, -0.2) is 54.4 Å². The highest BCUT2D eigenvalue weighted by Crippen LogP contribution is 2.23. The van der Waals surface area contributed by atoms with Crippen molar-refractivity contribution < 1.29 is 19.1 Å². The quantitative estimate of drug-likeness (QED) is 0.836. The molecule has 1 fully saturated rings. The van der Waals surface area contributed by atoms with Gasteiger partial charge in [-0.1, -0.05) is 5.10 Å². The maximum Gasteiger partial charge on any atom is 0.323 e. The number of hydrogen-bond acceptors (Lipinski definition) is 7. The van der Waals surface area contributed by atoms with Gasteiger partial charge in [-0.25, -0.2) is 4.79 Å². The molecule has 2 rings (SSSR count). The standard InChI is InChI=1S/C11H16N4O4S/c1-18-8(16)7-4-3-5-15(6-7)10(17)12-9-13-14-11(19-2)20-9/h7H,3-6H2,1-2H3,(H,12,13,17)/t7-/m1/s1. The van der Waals surface area contributed by atoms with Crippen molar-refractivity contribution in [2.75, 3.05) is 32.6 Å². The Bertz CT molecular complexity index is 493. The third-order valence-electron chi connectivity index (χ3n) is 3.04. The first kappa shape index (κ1) is 14.5. The molecule has 0 aromatic carbocycles. The molecule has 1 aliphatic rings. The molecule has 9 heteroatoms. The molecule has 8 nitrogen and oxygen atoms in total. The molecule has 1 atom stereocenters. The van der Waals surface area contributed by atoms with Gasteiger partial charge in [0, 0.05) is 13.1 Å². The van der Waals surface area contributed by atoms with E-state index >= 15 is 0 Å². The van der Waals surface area contributed by atoms with Gasteiger partial charge in [0.15, 0.2) is 0 Å². The van der Waals surface area contributed by atoms with E-state index in [-0.39, 0.29) is 17.9 Å². The van der Waals surface area contributed by atoms with Gasteiger partial charge in [0.25, 0.3) is 5.19 Å². The van der Waals surface area contributed by atoms with E-state index in [1.165, 1.54) is 14.2 Å². The Morgan fingerprint density at radius 3 is 2.85 bits per heavy atom. The van der Waals surface area contributed by atoms with Gasteiger partial charge in [-0.3, -0.25) is 10.1 Å². The molecule has 1 saturated heterocycles. The number of methoxy groups -OCH3 is 2. The highest BCUT2D eigenvalue weighted by atomic mass is 32.1. The summed E-state index contributed by atoms with van der Waals surface area (Å²) in [7, 11) is 2.84. The molecular weight excluding hydrogens is 284 g/mol. The lowest BCUT2D eigenvalue weighted by Crippen LogP contribution is -2.44. The molecule has 0 unspecified atom stereocenters. The molecule has 0 radical (unpaired) electrons. The van der Waals surface area contributed by atoms with E-state index in [2.05, 4.69) is 15.5 Å². The van der Waals surface area contributed by atoms with Crippen molar-refractivity contribution in [3.05, 3.63) is 0 Å². The van der Waals surface area contributed by atoms with Crippen LogP contribution in [0.4, 0.5) is 9.93 Å². The molecule has 0 aliphatic carbocycles. The molecule has 1 aromatic rings. The number of rotatable bonds is 3. The minimum absolute atomic E-state index is 0.261. The van der Waals surface area contributed by atoms with Gasteiger partial charge in [0.2, 0.25) is 5.13 Å². The second-order valence-corrected chi connectivity index (χ2v) is 5.26. The summed E-state index contributed by atoms with van der Waals surface area (Å²) in [6.45, 7) is 0.962. The number of ether oxygens (including phenoxy) is 2. The fraction of sp³-hybridized carbons (Fsp3) is 0.636. The number of nitrogens with zero attached hydrogens (tertiary/aromatic N) is 3. The van der Waals surface area contributed by atoms with Crippen molar-refractivity contribution >= 4 is 28.5 Å². The monoisotopic (exact) mass is 300 g/mol. The van der Waals surface area contributed by atoms with Crippen molar-refractivity contribution in [2.45, 2.75) is 12.8 Å². The van der Waals surface area contributed by atoms with Crippen LogP contribution in [0.5, 0.6) is 5.19 Å². The van der Waals surface area contributed by atoms with Crippen LogP contribution in [0.3, 0.4) is 0 Å². The fourth-order valence-corrected chi connectivity index (χ4v) is 2.58. The topological polar surface area (TPSA) is 93.7 Å². The summed E-state index contributed by atoms with van der Waals surface area (Å²) in [5.41, 5.74) is 0. The summed E-state index contributed by atoms with van der Waals surface area (Å²) in [6.07, 6.45) is 1.51. The largest absolute Gasteiger partial charge is 0.472 e. The number of carbonyl (C=O) groups excluding carboxylic acids is 2. The number of hydrogen-bond donors (Lipinski definition) is 1. The molecule has 20 heavy (non-hydrogen) atoms. The zero-order valence-electron chi connectivity index (χ0n) is 11.3. The van der Waals surface area contributed by atoms with Gasteiger partial charge in [-0.15, -0.1) is 5.10 Å². The smallest absolute Gasteiger partial charge is 0.323 e. The molecular formula is C11H16N4O4S. The SMILES string of the molecule is COC(=O)[C@@H]1CCCN(C(=O)Nc2nnc(OC)s2)C1. The average molecular weight is 300 g/mol. The summed E-state index contributed by atoms with van der Waals surface area (Å²) in [5, 5.41) is 10.9. The number of amides is 2. The summed E-state index contributed by atoms with van der Waals surface area (Å²) >= 11 is 1.14. The van der Waals surface area contributed by atoms with Crippen LogP contribution < -0.4 is 10.1 Å². The van der Waals surface area contributed by atoms with Gasteiger partial charge >= 0.3 is 12.0 Å². The summed E-state index contributed by atoms with van der Waals surface area (Å²) < 4.78 is 9.62. The average Bonchev–Trinajstić information content (AvgIpc) is 2.94. The molecule has 2 heterocycles. The van der Waals surface area contributed by atoms with Crippen LogP contribution in [0.2, 0.25) is 0 Å². The first-order chi connectivity index (χ1) is 9.63. The van der Waals surface area contributed by atoms with Gasteiger partial charge in [-0.2, -0.15) is 0 Å². The Labute approximate surface area is 120 Å². The Morgan fingerprint density at radius 2 is 2.20 bits per heavy atom. The summed E-state index contributed by atoms with van der Waals surface area (Å²) in [5.74, 6) is -0.538. The van der Waals surface area contributed by atoms with E-state index in [1.807, 2.05) is 0 Å². The summed E-state index contributed by atoms with van der Waals surface area (Å²) in [4.78, 5) is 25.2. The van der Waals surface area contributed by atoms with Crippen LogP contribution in [0.15, 0.2) is 0 Å². The highest BCUT2D eigenvalue weighted by Gasteiger charge is 2.29. The van der Waals surface area contributed by atoms with Crippen LogP contribution in [-0.2, 0) is 9.53 Å². The number of anilines is 1. The number of nitrogens with one attached hydrogen (secondary N) is 1. The number of carbonyl (C=O) groups is 2. The van der Waals surface area contributed by atoms with Gasteiger partial charge in [0.05, 0.1) is 20.1 Å². The number of urea groups is 1. The molecule has 0 bridgehead atoms. The van der Waals surface area contributed by atoms with Crippen LogP contribution >= 0.6 is 11.3 Å². The first-order valence-corrected chi connectivity index (χ1v) is 6.97. The number of piperidine rings is 1. The van der Waals surface area contributed by atoms with Crippen LogP contribution in [0.25, 0.3) is 0 Å². The molecule has 2 amide bonds. The zero-order valence-corrected chi connectivity index (χ0v) is 12.1. The van der Waals surface area contributed by atoms with E-state index < -0.39 is 0 Å². The molecule has 1 aliphatic heterocycles. The van der Waals surface area contributed by atoms with E-state index in [0.717, 1.165) is 24.2 Å². The van der Waals surface area contributed by atoms with E-state index in [1.54, 1.807) is 4.90 Å². The van der Waals surface area contributed by atoms with Crippen molar-refractivity contribution in [3.63, 3.8) is 0 Å².